The number of carbonyl (C=O) groups excluding carboxylic acids is 1. The van der Waals surface area contributed by atoms with Gasteiger partial charge in [-0.3, -0.25) is 4.79 Å². The van der Waals surface area contributed by atoms with Crippen molar-refractivity contribution in [2.24, 2.45) is 5.10 Å². The maximum absolute atomic E-state index is 12.0. The van der Waals surface area contributed by atoms with Crippen LogP contribution in [0.2, 0.25) is 5.02 Å². The lowest BCUT2D eigenvalue weighted by Gasteiger charge is -2.06. The van der Waals surface area contributed by atoms with Gasteiger partial charge in [0.2, 0.25) is 0 Å². The highest BCUT2D eigenvalue weighted by Gasteiger charge is 2.05. The van der Waals surface area contributed by atoms with Crippen molar-refractivity contribution in [3.63, 3.8) is 0 Å². The van der Waals surface area contributed by atoms with Crippen molar-refractivity contribution in [2.75, 3.05) is 6.61 Å². The lowest BCUT2D eigenvalue weighted by Crippen LogP contribution is -2.24. The van der Waals surface area contributed by atoms with E-state index in [1.807, 2.05) is 72.8 Å². The van der Waals surface area contributed by atoms with E-state index in [0.717, 1.165) is 16.7 Å². The van der Waals surface area contributed by atoms with E-state index in [9.17, 15) is 4.79 Å². The summed E-state index contributed by atoms with van der Waals surface area (Å²) in [6, 6.07) is 28.5. The third-order valence-electron chi connectivity index (χ3n) is 4.47. The molecule has 154 valence electrons. The summed E-state index contributed by atoms with van der Waals surface area (Å²) >= 11 is 5.90. The number of nitrogens with one attached hydrogen (secondary N) is 1. The van der Waals surface area contributed by atoms with Gasteiger partial charge in [0.15, 0.2) is 6.61 Å². The van der Waals surface area contributed by atoms with Gasteiger partial charge < -0.3 is 9.15 Å². The van der Waals surface area contributed by atoms with E-state index in [4.69, 9.17) is 20.8 Å². The number of hydrazone groups is 1. The molecule has 1 amide bonds. The molecule has 0 atom stereocenters. The largest absolute Gasteiger partial charge is 0.484 e. The average molecular weight is 431 g/mol. The number of hydrogen-bond donors (Lipinski definition) is 1. The second kappa shape index (κ2) is 9.78. The SMILES string of the molecule is O=C(COc1ccc(-c2ccccc2)cc1)N/N=C/c1ccc(-c2ccc(Cl)cc2)o1. The number of furan rings is 1. The van der Waals surface area contributed by atoms with Crippen LogP contribution in [0.1, 0.15) is 5.76 Å². The molecule has 0 aliphatic carbocycles. The van der Waals surface area contributed by atoms with Gasteiger partial charge in [-0.1, -0.05) is 54.1 Å². The zero-order valence-corrected chi connectivity index (χ0v) is 17.3. The molecule has 0 saturated carbocycles. The zero-order valence-electron chi connectivity index (χ0n) is 16.5. The van der Waals surface area contributed by atoms with Gasteiger partial charge in [-0.15, -0.1) is 0 Å². The molecule has 0 radical (unpaired) electrons. The molecule has 4 aromatic rings. The molecule has 0 saturated heterocycles. The highest BCUT2D eigenvalue weighted by molar-refractivity contribution is 6.30. The first-order chi connectivity index (χ1) is 15.2. The van der Waals surface area contributed by atoms with Crippen LogP contribution in [0.3, 0.4) is 0 Å². The van der Waals surface area contributed by atoms with Crippen molar-refractivity contribution in [2.45, 2.75) is 0 Å². The summed E-state index contributed by atoms with van der Waals surface area (Å²) in [6.45, 7) is -0.143. The molecule has 1 heterocycles. The van der Waals surface area contributed by atoms with Gasteiger partial charge in [-0.2, -0.15) is 5.10 Å². The minimum Gasteiger partial charge on any atom is -0.484 e. The molecule has 5 nitrogen and oxygen atoms in total. The first-order valence-electron chi connectivity index (χ1n) is 9.63. The van der Waals surface area contributed by atoms with Gasteiger partial charge in [0, 0.05) is 10.6 Å². The van der Waals surface area contributed by atoms with Gasteiger partial charge in [0.1, 0.15) is 17.3 Å². The molecule has 6 heteroatoms. The van der Waals surface area contributed by atoms with Crippen LogP contribution in [0.25, 0.3) is 22.5 Å². The Morgan fingerprint density at radius 3 is 2.29 bits per heavy atom. The molecule has 0 aliphatic rings. The van der Waals surface area contributed by atoms with Gasteiger partial charge in [0.25, 0.3) is 5.91 Å². The highest BCUT2D eigenvalue weighted by Crippen LogP contribution is 2.23. The molecular formula is C25H19ClN2O3. The molecule has 0 fully saturated rings. The maximum atomic E-state index is 12.0. The van der Waals surface area contributed by atoms with Crippen molar-refractivity contribution in [3.8, 4) is 28.2 Å². The molecule has 0 unspecified atom stereocenters. The summed E-state index contributed by atoms with van der Waals surface area (Å²) in [7, 11) is 0. The number of benzene rings is 3. The Kier molecular flexibility index (Phi) is 6.45. The van der Waals surface area contributed by atoms with Crippen molar-refractivity contribution in [3.05, 3.63) is 102 Å². The summed E-state index contributed by atoms with van der Waals surface area (Å²) in [5, 5.41) is 4.57. The summed E-state index contributed by atoms with van der Waals surface area (Å²) in [5.41, 5.74) is 5.53. The van der Waals surface area contributed by atoms with Gasteiger partial charge in [-0.25, -0.2) is 5.43 Å². The quantitative estimate of drug-likeness (QED) is 0.298. The fraction of sp³-hybridized carbons (Fsp3) is 0.0400. The molecular weight excluding hydrogens is 412 g/mol. The van der Waals surface area contributed by atoms with Crippen molar-refractivity contribution in [1.29, 1.82) is 0 Å². The fourth-order valence-electron chi connectivity index (χ4n) is 2.91. The lowest BCUT2D eigenvalue weighted by atomic mass is 10.1. The Balaban J connectivity index is 1.26. The summed E-state index contributed by atoms with van der Waals surface area (Å²) < 4.78 is 11.2. The van der Waals surface area contributed by atoms with E-state index >= 15 is 0 Å². The van der Waals surface area contributed by atoms with Gasteiger partial charge in [0.05, 0.1) is 6.21 Å². The van der Waals surface area contributed by atoms with E-state index in [2.05, 4.69) is 10.5 Å². The fourth-order valence-corrected chi connectivity index (χ4v) is 3.04. The smallest absolute Gasteiger partial charge is 0.277 e. The van der Waals surface area contributed by atoms with Crippen LogP contribution in [0.5, 0.6) is 5.75 Å². The Labute approximate surface area is 184 Å². The number of nitrogens with zero attached hydrogens (tertiary/aromatic N) is 1. The molecule has 0 aliphatic heterocycles. The lowest BCUT2D eigenvalue weighted by molar-refractivity contribution is -0.123. The minimum absolute atomic E-state index is 0.143. The molecule has 1 N–H and O–H groups in total. The molecule has 4 rings (SSSR count). The summed E-state index contributed by atoms with van der Waals surface area (Å²) in [4.78, 5) is 12.0. The van der Waals surface area contributed by atoms with Crippen LogP contribution in [0.4, 0.5) is 0 Å². The van der Waals surface area contributed by atoms with E-state index in [1.54, 1.807) is 18.2 Å². The second-order valence-electron chi connectivity index (χ2n) is 6.68. The highest BCUT2D eigenvalue weighted by atomic mass is 35.5. The van der Waals surface area contributed by atoms with E-state index in [1.165, 1.54) is 6.21 Å². The average Bonchev–Trinajstić information content (AvgIpc) is 3.28. The van der Waals surface area contributed by atoms with Crippen LogP contribution in [0, 0.1) is 0 Å². The summed E-state index contributed by atoms with van der Waals surface area (Å²) in [6.07, 6.45) is 1.44. The number of amides is 1. The number of rotatable bonds is 7. The molecule has 3 aromatic carbocycles. The Bertz CT molecular complexity index is 1170. The maximum Gasteiger partial charge on any atom is 0.277 e. The molecule has 0 spiro atoms. The van der Waals surface area contributed by atoms with Crippen molar-refractivity contribution < 1.29 is 13.9 Å². The predicted octanol–water partition coefficient (Wildman–Crippen LogP) is 5.80. The molecule has 31 heavy (non-hydrogen) atoms. The number of carbonyl (C=O) groups is 1. The molecule has 1 aromatic heterocycles. The Morgan fingerprint density at radius 1 is 0.871 bits per heavy atom. The first-order valence-corrected chi connectivity index (χ1v) is 10.0. The first kappa shape index (κ1) is 20.4. The second-order valence-corrected chi connectivity index (χ2v) is 7.12. The minimum atomic E-state index is -0.368. The van der Waals surface area contributed by atoms with E-state index in [-0.39, 0.29) is 12.5 Å². The monoisotopic (exact) mass is 430 g/mol. The predicted molar refractivity (Wildman–Crippen MR) is 122 cm³/mol. The Morgan fingerprint density at radius 2 is 1.55 bits per heavy atom. The topological polar surface area (TPSA) is 63.8 Å². The van der Waals surface area contributed by atoms with Crippen LogP contribution >= 0.6 is 11.6 Å². The van der Waals surface area contributed by atoms with Gasteiger partial charge >= 0.3 is 0 Å². The van der Waals surface area contributed by atoms with Crippen LogP contribution < -0.4 is 10.2 Å². The van der Waals surface area contributed by atoms with Crippen LogP contribution in [-0.4, -0.2) is 18.7 Å². The number of halogens is 1. The van der Waals surface area contributed by atoms with Crippen molar-refractivity contribution in [1.82, 2.24) is 5.43 Å². The third kappa shape index (κ3) is 5.62. The van der Waals surface area contributed by atoms with E-state index in [0.29, 0.717) is 22.3 Å². The number of ether oxygens (including phenoxy) is 1. The van der Waals surface area contributed by atoms with Crippen LogP contribution in [-0.2, 0) is 4.79 Å². The zero-order chi connectivity index (χ0) is 21.5. The number of hydrogen-bond acceptors (Lipinski definition) is 4. The Hall–Kier alpha value is -3.83. The summed E-state index contributed by atoms with van der Waals surface area (Å²) in [5.74, 6) is 1.44. The van der Waals surface area contributed by atoms with Crippen LogP contribution in [0.15, 0.2) is 101 Å². The van der Waals surface area contributed by atoms with Gasteiger partial charge in [-0.05, 0) is 59.7 Å². The van der Waals surface area contributed by atoms with Crippen molar-refractivity contribution >= 4 is 23.7 Å². The van der Waals surface area contributed by atoms with E-state index < -0.39 is 0 Å². The normalized spacial score (nSPS) is 10.9. The standard InChI is InChI=1S/C25H19ClN2O3/c26-21-10-6-20(7-11-21)24-15-14-23(31-24)16-27-28-25(29)17-30-22-12-8-19(9-13-22)18-4-2-1-3-5-18/h1-16H,17H2,(H,28,29)/b27-16+. The third-order valence-corrected chi connectivity index (χ3v) is 4.72. The molecule has 0 bridgehead atoms.